The topological polar surface area (TPSA) is 0 Å². The minimum absolute atomic E-state index is 0.181. The van der Waals surface area contributed by atoms with Crippen LogP contribution >= 0.6 is 22.2 Å². The van der Waals surface area contributed by atoms with Crippen molar-refractivity contribution in [2.45, 2.75) is 64.3 Å². The van der Waals surface area contributed by atoms with Gasteiger partial charge in [0.2, 0.25) is 0 Å². The highest BCUT2D eigenvalue weighted by molar-refractivity contribution is 7.35. The van der Waals surface area contributed by atoms with Crippen molar-refractivity contribution in [1.29, 1.82) is 0 Å². The Kier molecular flexibility index (Phi) is 7.57. The second-order valence-electron chi connectivity index (χ2n) is 4.31. The summed E-state index contributed by atoms with van der Waals surface area (Å²) in [6, 6.07) is 0. The van der Waals surface area contributed by atoms with E-state index in [4.69, 9.17) is 22.2 Å². The van der Waals surface area contributed by atoms with Crippen molar-refractivity contribution in [3.63, 3.8) is 0 Å². The summed E-state index contributed by atoms with van der Waals surface area (Å²) in [7, 11) is -1.16. The average Bonchev–Trinajstić information content (AvgIpc) is 2.03. The SMILES string of the molecule is CCCCCCCC(C)(C)[Si](Cl)Cl. The molecule has 0 heterocycles. The molecule has 0 aromatic heterocycles. The molecule has 0 aliphatic heterocycles. The van der Waals surface area contributed by atoms with Gasteiger partial charge < -0.3 is 0 Å². The third-order valence-electron chi connectivity index (χ3n) is 2.42. The minimum atomic E-state index is -1.16. The van der Waals surface area contributed by atoms with Gasteiger partial charge in [-0.15, -0.1) is 22.2 Å². The van der Waals surface area contributed by atoms with Crippen LogP contribution in [0.4, 0.5) is 0 Å². The lowest BCUT2D eigenvalue weighted by atomic mass is 10.0. The van der Waals surface area contributed by atoms with Gasteiger partial charge in [-0.25, -0.2) is 0 Å². The number of hydrogen-bond donors (Lipinski definition) is 0. The van der Waals surface area contributed by atoms with Crippen LogP contribution in [0.2, 0.25) is 5.04 Å². The van der Waals surface area contributed by atoms with E-state index in [1.807, 2.05) is 0 Å². The van der Waals surface area contributed by atoms with Crippen LogP contribution in [-0.4, -0.2) is 7.42 Å². The fourth-order valence-electron chi connectivity index (χ4n) is 1.26. The van der Waals surface area contributed by atoms with E-state index in [1.165, 1.54) is 38.5 Å². The van der Waals surface area contributed by atoms with Gasteiger partial charge in [-0.3, -0.25) is 0 Å². The van der Waals surface area contributed by atoms with Gasteiger partial charge >= 0.3 is 0 Å². The molecule has 0 amide bonds. The first-order valence-corrected chi connectivity index (χ1v) is 8.71. The predicted octanol–water partition coefficient (Wildman–Crippen LogP) is 5.09. The van der Waals surface area contributed by atoms with Gasteiger partial charge in [-0.2, -0.15) is 0 Å². The molecule has 0 fully saturated rings. The largest absolute Gasteiger partial charge is 0.279 e. The maximum absolute atomic E-state index is 5.98. The van der Waals surface area contributed by atoms with Crippen molar-refractivity contribution < 1.29 is 0 Å². The third-order valence-corrected chi connectivity index (χ3v) is 6.76. The molecule has 0 aliphatic carbocycles. The Hall–Kier alpha value is 0.797. The number of unbranched alkanes of at least 4 members (excludes halogenated alkanes) is 4. The fraction of sp³-hybridized carbons (Fsp3) is 1.00. The van der Waals surface area contributed by atoms with Crippen molar-refractivity contribution in [2.24, 2.45) is 0 Å². The number of halogens is 2. The van der Waals surface area contributed by atoms with Crippen molar-refractivity contribution in [1.82, 2.24) is 0 Å². The highest BCUT2D eigenvalue weighted by Crippen LogP contribution is 2.38. The zero-order valence-electron chi connectivity index (χ0n) is 9.00. The van der Waals surface area contributed by atoms with Crippen molar-refractivity contribution >= 4 is 29.6 Å². The molecule has 13 heavy (non-hydrogen) atoms. The van der Waals surface area contributed by atoms with Gasteiger partial charge in [-0.05, 0) is 11.5 Å². The second kappa shape index (κ2) is 7.14. The van der Waals surface area contributed by atoms with E-state index in [2.05, 4.69) is 20.8 Å². The molecule has 0 spiro atoms. The molecule has 0 aliphatic rings. The molecule has 0 bridgehead atoms. The summed E-state index contributed by atoms with van der Waals surface area (Å²) in [5.74, 6) is 0. The highest BCUT2D eigenvalue weighted by atomic mass is 35.7. The van der Waals surface area contributed by atoms with E-state index in [1.54, 1.807) is 0 Å². The molecule has 0 nitrogen and oxygen atoms in total. The molecule has 0 saturated heterocycles. The monoisotopic (exact) mass is 239 g/mol. The van der Waals surface area contributed by atoms with E-state index in [0.29, 0.717) is 0 Å². The van der Waals surface area contributed by atoms with Gasteiger partial charge in [0.05, 0.1) is 0 Å². The Bertz CT molecular complexity index is 124. The summed E-state index contributed by atoms with van der Waals surface area (Å²) in [6.45, 7) is 6.60. The maximum Gasteiger partial charge on any atom is 0.279 e. The zero-order valence-corrected chi connectivity index (χ0v) is 11.5. The first-order valence-electron chi connectivity index (χ1n) is 5.19. The summed E-state index contributed by atoms with van der Waals surface area (Å²) >= 11 is 12.0. The van der Waals surface area contributed by atoms with E-state index in [-0.39, 0.29) is 5.04 Å². The van der Waals surface area contributed by atoms with E-state index in [0.717, 1.165) is 0 Å². The first kappa shape index (κ1) is 13.8. The summed E-state index contributed by atoms with van der Waals surface area (Å²) in [5, 5.41) is 0.181. The first-order chi connectivity index (χ1) is 6.00. The zero-order chi connectivity index (χ0) is 10.3. The van der Waals surface area contributed by atoms with Crippen molar-refractivity contribution in [3.8, 4) is 0 Å². The molecule has 79 valence electrons. The summed E-state index contributed by atoms with van der Waals surface area (Å²) in [6.07, 6.45) is 7.82. The smallest absolute Gasteiger partial charge is 0.146 e. The fourth-order valence-corrected chi connectivity index (χ4v) is 2.20. The number of hydrogen-bond acceptors (Lipinski definition) is 0. The number of rotatable bonds is 7. The Morgan fingerprint density at radius 2 is 1.54 bits per heavy atom. The molecular formula is C10H21Cl2Si. The maximum atomic E-state index is 5.98. The molecule has 1 radical (unpaired) electrons. The Morgan fingerprint density at radius 3 is 2.00 bits per heavy atom. The van der Waals surface area contributed by atoms with Crippen LogP contribution in [-0.2, 0) is 0 Å². The van der Waals surface area contributed by atoms with Gasteiger partial charge in [-0.1, -0.05) is 52.9 Å². The average molecular weight is 240 g/mol. The van der Waals surface area contributed by atoms with E-state index >= 15 is 0 Å². The predicted molar refractivity (Wildman–Crippen MR) is 64.9 cm³/mol. The molecule has 0 unspecified atom stereocenters. The van der Waals surface area contributed by atoms with Crippen LogP contribution in [0.25, 0.3) is 0 Å². The Balaban J connectivity index is 3.41. The summed E-state index contributed by atoms with van der Waals surface area (Å²) in [4.78, 5) is 0. The van der Waals surface area contributed by atoms with Crippen LogP contribution in [0, 0.1) is 0 Å². The normalized spacial score (nSPS) is 12.5. The summed E-state index contributed by atoms with van der Waals surface area (Å²) in [5.41, 5.74) is 0. The Morgan fingerprint density at radius 1 is 1.00 bits per heavy atom. The van der Waals surface area contributed by atoms with Gasteiger partial charge in [0.25, 0.3) is 7.42 Å². The van der Waals surface area contributed by atoms with Crippen molar-refractivity contribution in [3.05, 3.63) is 0 Å². The molecule has 0 saturated carbocycles. The standard InChI is InChI=1S/C10H21Cl2Si/c1-4-5-6-7-8-9-10(2,3)13(11)12/h4-9H2,1-3H3. The molecule has 0 N–H and O–H groups in total. The van der Waals surface area contributed by atoms with Crippen molar-refractivity contribution in [2.75, 3.05) is 0 Å². The quantitative estimate of drug-likeness (QED) is 0.330. The molecule has 0 atom stereocenters. The molecule has 0 aromatic rings. The lowest BCUT2D eigenvalue weighted by Gasteiger charge is -2.23. The third kappa shape index (κ3) is 6.81. The van der Waals surface area contributed by atoms with Crippen LogP contribution in [0.5, 0.6) is 0 Å². The van der Waals surface area contributed by atoms with E-state index in [9.17, 15) is 0 Å². The molecule has 0 aromatic carbocycles. The van der Waals surface area contributed by atoms with Crippen LogP contribution < -0.4 is 0 Å². The van der Waals surface area contributed by atoms with Crippen LogP contribution in [0.15, 0.2) is 0 Å². The molecule has 0 rings (SSSR count). The van der Waals surface area contributed by atoms with Gasteiger partial charge in [0.1, 0.15) is 0 Å². The lowest BCUT2D eigenvalue weighted by molar-refractivity contribution is 0.531. The van der Waals surface area contributed by atoms with Gasteiger partial charge in [0.15, 0.2) is 0 Å². The Labute approximate surface area is 94.0 Å². The highest BCUT2D eigenvalue weighted by Gasteiger charge is 2.28. The molecular weight excluding hydrogens is 219 g/mol. The second-order valence-corrected chi connectivity index (χ2v) is 9.03. The lowest BCUT2D eigenvalue weighted by Crippen LogP contribution is -2.16. The molecule has 3 heteroatoms. The summed E-state index contributed by atoms with van der Waals surface area (Å²) < 4.78 is 0. The van der Waals surface area contributed by atoms with Crippen LogP contribution in [0.1, 0.15) is 59.3 Å². The van der Waals surface area contributed by atoms with Gasteiger partial charge in [0, 0.05) is 0 Å². The van der Waals surface area contributed by atoms with E-state index < -0.39 is 7.42 Å². The van der Waals surface area contributed by atoms with Crippen LogP contribution in [0.3, 0.4) is 0 Å². The minimum Gasteiger partial charge on any atom is -0.146 e.